The number of carbonyl (C=O) groups excluding carboxylic acids is 1. The molecule has 1 N–H and O–H groups in total. The predicted molar refractivity (Wildman–Crippen MR) is 125 cm³/mol. The quantitative estimate of drug-likeness (QED) is 0.394. The number of aromatic nitrogens is 3. The Morgan fingerprint density at radius 1 is 0.903 bits per heavy atom. The van der Waals surface area contributed by atoms with Gasteiger partial charge in [0.05, 0.1) is 5.75 Å². The molecule has 6 heteroatoms. The van der Waals surface area contributed by atoms with Crippen LogP contribution in [0.2, 0.25) is 0 Å². The second-order valence-electron chi connectivity index (χ2n) is 7.53. The van der Waals surface area contributed by atoms with Crippen LogP contribution < -0.4 is 5.32 Å². The lowest BCUT2D eigenvalue weighted by Gasteiger charge is -2.12. The van der Waals surface area contributed by atoms with Gasteiger partial charge in [-0.2, -0.15) is 0 Å². The zero-order valence-electron chi connectivity index (χ0n) is 16.9. The summed E-state index contributed by atoms with van der Waals surface area (Å²) in [6.45, 7) is 0. The topological polar surface area (TPSA) is 59.8 Å². The van der Waals surface area contributed by atoms with Crippen molar-refractivity contribution in [2.45, 2.75) is 23.9 Å². The van der Waals surface area contributed by atoms with Crippen molar-refractivity contribution in [2.24, 2.45) is 0 Å². The summed E-state index contributed by atoms with van der Waals surface area (Å²) < 4.78 is 2.09. The third-order valence-corrected chi connectivity index (χ3v) is 6.16. The summed E-state index contributed by atoms with van der Waals surface area (Å²) in [5.41, 5.74) is 3.92. The lowest BCUT2D eigenvalue weighted by Crippen LogP contribution is -2.15. The molecule has 4 aromatic rings. The average molecular weight is 427 g/mol. The molecule has 31 heavy (non-hydrogen) atoms. The first-order valence-corrected chi connectivity index (χ1v) is 11.4. The highest BCUT2D eigenvalue weighted by Gasteiger charge is 2.31. The summed E-state index contributed by atoms with van der Waals surface area (Å²) in [6.07, 6.45) is 2.29. The fourth-order valence-electron chi connectivity index (χ4n) is 3.58. The van der Waals surface area contributed by atoms with Gasteiger partial charge in [0.2, 0.25) is 5.91 Å². The van der Waals surface area contributed by atoms with E-state index >= 15 is 0 Å². The molecule has 5 rings (SSSR count). The first-order chi connectivity index (χ1) is 15.3. The monoisotopic (exact) mass is 426 g/mol. The fourth-order valence-corrected chi connectivity index (χ4v) is 4.34. The number of benzene rings is 3. The van der Waals surface area contributed by atoms with E-state index in [-0.39, 0.29) is 11.7 Å². The third-order valence-electron chi connectivity index (χ3n) is 5.23. The van der Waals surface area contributed by atoms with Crippen LogP contribution in [0.4, 0.5) is 5.69 Å². The van der Waals surface area contributed by atoms with E-state index in [2.05, 4.69) is 32.2 Å². The number of para-hydroxylation sites is 2. The summed E-state index contributed by atoms with van der Waals surface area (Å²) >= 11 is 1.41. The van der Waals surface area contributed by atoms with Crippen LogP contribution >= 0.6 is 11.8 Å². The van der Waals surface area contributed by atoms with E-state index in [9.17, 15) is 4.79 Å². The van der Waals surface area contributed by atoms with Gasteiger partial charge in [-0.3, -0.25) is 9.36 Å². The number of hydrogen-bond acceptors (Lipinski definition) is 4. The maximum absolute atomic E-state index is 12.8. The highest BCUT2D eigenvalue weighted by atomic mass is 32.2. The van der Waals surface area contributed by atoms with E-state index in [1.165, 1.54) is 11.8 Å². The van der Waals surface area contributed by atoms with Gasteiger partial charge >= 0.3 is 0 Å². The first-order valence-electron chi connectivity index (χ1n) is 10.4. The molecule has 1 saturated carbocycles. The van der Waals surface area contributed by atoms with Crippen molar-refractivity contribution in [3.05, 3.63) is 90.8 Å². The lowest BCUT2D eigenvalue weighted by atomic mass is 10.0. The Morgan fingerprint density at radius 2 is 1.58 bits per heavy atom. The summed E-state index contributed by atoms with van der Waals surface area (Å²) in [5, 5.41) is 12.6. The van der Waals surface area contributed by atoms with E-state index in [0.717, 1.165) is 46.3 Å². The van der Waals surface area contributed by atoms with Crippen LogP contribution in [0.5, 0.6) is 0 Å². The van der Waals surface area contributed by atoms with Crippen molar-refractivity contribution in [1.29, 1.82) is 0 Å². The molecule has 5 nitrogen and oxygen atoms in total. The first kappa shape index (κ1) is 19.6. The second kappa shape index (κ2) is 8.78. The van der Waals surface area contributed by atoms with Crippen LogP contribution in [-0.2, 0) is 4.79 Å². The second-order valence-corrected chi connectivity index (χ2v) is 8.48. The molecule has 1 aromatic heterocycles. The van der Waals surface area contributed by atoms with E-state index in [0.29, 0.717) is 5.92 Å². The summed E-state index contributed by atoms with van der Waals surface area (Å²) in [5.74, 6) is 1.65. The molecular formula is C25H22N4OS. The molecule has 0 unspecified atom stereocenters. The van der Waals surface area contributed by atoms with Crippen LogP contribution in [0.3, 0.4) is 0 Å². The van der Waals surface area contributed by atoms with Gasteiger partial charge in [-0.05, 0) is 36.6 Å². The zero-order chi connectivity index (χ0) is 21.0. The van der Waals surface area contributed by atoms with E-state index < -0.39 is 0 Å². The van der Waals surface area contributed by atoms with Crippen molar-refractivity contribution in [1.82, 2.24) is 14.8 Å². The van der Waals surface area contributed by atoms with E-state index in [1.807, 2.05) is 72.8 Å². The molecule has 0 radical (unpaired) electrons. The normalized spacial score (nSPS) is 13.2. The summed E-state index contributed by atoms with van der Waals surface area (Å²) in [4.78, 5) is 12.8. The van der Waals surface area contributed by atoms with Gasteiger partial charge in [0.25, 0.3) is 0 Å². The zero-order valence-corrected chi connectivity index (χ0v) is 17.8. The number of carbonyl (C=O) groups is 1. The van der Waals surface area contributed by atoms with Crippen LogP contribution in [0, 0.1) is 0 Å². The Morgan fingerprint density at radius 3 is 2.32 bits per heavy atom. The van der Waals surface area contributed by atoms with Crippen molar-refractivity contribution in [2.75, 3.05) is 11.1 Å². The number of rotatable bonds is 7. The average Bonchev–Trinajstić information content (AvgIpc) is 3.58. The molecule has 1 aliphatic rings. The summed E-state index contributed by atoms with van der Waals surface area (Å²) in [7, 11) is 0. The minimum atomic E-state index is -0.0658. The van der Waals surface area contributed by atoms with Crippen molar-refractivity contribution in [3.63, 3.8) is 0 Å². The van der Waals surface area contributed by atoms with Crippen LogP contribution in [-0.4, -0.2) is 26.4 Å². The Bertz CT molecular complexity index is 1190. The maximum atomic E-state index is 12.8. The van der Waals surface area contributed by atoms with E-state index in [1.54, 1.807) is 0 Å². The molecule has 0 bridgehead atoms. The Balaban J connectivity index is 1.33. The molecule has 154 valence electrons. The largest absolute Gasteiger partial charge is 0.325 e. The SMILES string of the molecule is O=C(CSc1nnc(C2CC2)n1-c1ccccc1)Nc1ccccc1-c1ccccc1. The van der Waals surface area contributed by atoms with E-state index in [4.69, 9.17) is 0 Å². The number of nitrogens with one attached hydrogen (secondary N) is 1. The van der Waals surface area contributed by atoms with Gasteiger partial charge in [0, 0.05) is 22.9 Å². The van der Waals surface area contributed by atoms with Crippen LogP contribution in [0.25, 0.3) is 16.8 Å². The molecule has 0 atom stereocenters. The maximum Gasteiger partial charge on any atom is 0.234 e. The van der Waals surface area contributed by atoms with Gasteiger partial charge in [-0.25, -0.2) is 0 Å². The van der Waals surface area contributed by atoms with Gasteiger partial charge < -0.3 is 5.32 Å². The minimum absolute atomic E-state index is 0.0658. The van der Waals surface area contributed by atoms with Crippen molar-refractivity contribution >= 4 is 23.4 Å². The molecule has 0 saturated heterocycles. The Labute approximate surface area is 185 Å². The molecule has 1 fully saturated rings. The molecule has 1 aliphatic carbocycles. The molecular weight excluding hydrogens is 404 g/mol. The lowest BCUT2D eigenvalue weighted by molar-refractivity contribution is -0.113. The fraction of sp³-hybridized carbons (Fsp3) is 0.160. The number of anilines is 1. The molecule has 1 amide bonds. The van der Waals surface area contributed by atoms with Gasteiger partial charge in [0.15, 0.2) is 5.16 Å². The summed E-state index contributed by atoms with van der Waals surface area (Å²) in [6, 6.07) is 28.0. The third kappa shape index (κ3) is 4.39. The van der Waals surface area contributed by atoms with Gasteiger partial charge in [-0.1, -0.05) is 78.5 Å². The number of amides is 1. The number of hydrogen-bond donors (Lipinski definition) is 1. The van der Waals surface area contributed by atoms with Crippen LogP contribution in [0.1, 0.15) is 24.6 Å². The van der Waals surface area contributed by atoms with Crippen molar-refractivity contribution < 1.29 is 4.79 Å². The molecule has 3 aromatic carbocycles. The Hall–Kier alpha value is -3.38. The molecule has 1 heterocycles. The minimum Gasteiger partial charge on any atom is -0.325 e. The standard InChI is InChI=1S/C25H22N4OS/c30-23(26-22-14-8-7-13-21(22)18-9-3-1-4-10-18)17-31-25-28-27-24(19-15-16-19)29(25)20-11-5-2-6-12-20/h1-14,19H,15-17H2,(H,26,30). The smallest absolute Gasteiger partial charge is 0.234 e. The highest BCUT2D eigenvalue weighted by molar-refractivity contribution is 7.99. The highest BCUT2D eigenvalue weighted by Crippen LogP contribution is 2.41. The predicted octanol–water partition coefficient (Wildman–Crippen LogP) is 5.54. The van der Waals surface area contributed by atoms with Gasteiger partial charge in [0.1, 0.15) is 5.82 Å². The van der Waals surface area contributed by atoms with Crippen molar-refractivity contribution in [3.8, 4) is 16.8 Å². The Kier molecular flexibility index (Phi) is 5.54. The van der Waals surface area contributed by atoms with Gasteiger partial charge in [-0.15, -0.1) is 10.2 Å². The molecule has 0 spiro atoms. The number of thioether (sulfide) groups is 1. The number of nitrogens with zero attached hydrogens (tertiary/aromatic N) is 3. The van der Waals surface area contributed by atoms with Crippen LogP contribution in [0.15, 0.2) is 90.1 Å². The molecule has 0 aliphatic heterocycles.